The number of halogens is 2. The van der Waals surface area contributed by atoms with Crippen LogP contribution in [0, 0.1) is 5.82 Å². The highest BCUT2D eigenvalue weighted by molar-refractivity contribution is 6.31. The van der Waals surface area contributed by atoms with Gasteiger partial charge in [-0.15, -0.1) is 0 Å². The number of hydrogen-bond acceptors (Lipinski definition) is 5. The zero-order valence-corrected chi connectivity index (χ0v) is 17.2. The molecular weight excluding hydrogens is 433 g/mol. The van der Waals surface area contributed by atoms with E-state index in [1.165, 1.54) is 48.8 Å². The van der Waals surface area contributed by atoms with Crippen molar-refractivity contribution in [1.82, 2.24) is 15.4 Å². The van der Waals surface area contributed by atoms with Crippen LogP contribution in [0.15, 0.2) is 78.0 Å². The van der Waals surface area contributed by atoms with E-state index in [0.29, 0.717) is 21.6 Å². The zero-order valence-electron chi connectivity index (χ0n) is 16.4. The normalized spacial score (nSPS) is 10.9. The lowest BCUT2D eigenvalue weighted by molar-refractivity contribution is 0.0956. The second-order valence-corrected chi connectivity index (χ2v) is 7.08. The van der Waals surface area contributed by atoms with Crippen LogP contribution in [-0.2, 0) is 0 Å². The molecule has 4 rings (SSSR count). The van der Waals surface area contributed by atoms with Crippen molar-refractivity contribution in [2.45, 2.75) is 0 Å². The van der Waals surface area contributed by atoms with Crippen LogP contribution in [0.4, 0.5) is 10.1 Å². The number of benzene rings is 3. The number of rotatable bonds is 5. The average Bonchev–Trinajstić information content (AvgIpc) is 2.80. The van der Waals surface area contributed by atoms with E-state index in [1.807, 2.05) is 6.07 Å². The standard InChI is InChI=1S/C23H15ClFN5O2/c24-15-8-9-18(29-23(32)21-13-26-19-6-1-2-7-20(19)28-21)17(11-15)22(31)30-27-12-14-4-3-5-16(25)10-14/h1-13H,(H,29,32)(H,30,31)/b27-12+. The largest absolute Gasteiger partial charge is 0.320 e. The lowest BCUT2D eigenvalue weighted by atomic mass is 10.1. The van der Waals surface area contributed by atoms with Gasteiger partial charge in [0.15, 0.2) is 0 Å². The smallest absolute Gasteiger partial charge is 0.275 e. The lowest BCUT2D eigenvalue weighted by Gasteiger charge is -2.10. The molecule has 0 aliphatic heterocycles. The predicted molar refractivity (Wildman–Crippen MR) is 120 cm³/mol. The van der Waals surface area contributed by atoms with Gasteiger partial charge in [0.2, 0.25) is 0 Å². The fraction of sp³-hybridized carbons (Fsp3) is 0. The van der Waals surface area contributed by atoms with Crippen LogP contribution < -0.4 is 10.7 Å². The number of anilines is 1. The summed E-state index contributed by atoms with van der Waals surface area (Å²) in [6.07, 6.45) is 2.66. The summed E-state index contributed by atoms with van der Waals surface area (Å²) >= 11 is 6.03. The lowest BCUT2D eigenvalue weighted by Crippen LogP contribution is -2.22. The molecule has 7 nitrogen and oxygen atoms in total. The van der Waals surface area contributed by atoms with Crippen molar-refractivity contribution in [2.75, 3.05) is 5.32 Å². The maximum atomic E-state index is 13.2. The van der Waals surface area contributed by atoms with Gasteiger partial charge in [-0.2, -0.15) is 5.10 Å². The third-order valence-corrected chi connectivity index (χ3v) is 4.62. The number of carbonyl (C=O) groups is 2. The predicted octanol–water partition coefficient (Wildman–Crippen LogP) is 4.44. The van der Waals surface area contributed by atoms with Crippen LogP contribution in [0.1, 0.15) is 26.4 Å². The van der Waals surface area contributed by atoms with E-state index in [2.05, 4.69) is 25.8 Å². The molecule has 9 heteroatoms. The van der Waals surface area contributed by atoms with Crippen molar-refractivity contribution in [3.8, 4) is 0 Å². The van der Waals surface area contributed by atoms with Gasteiger partial charge in [0.25, 0.3) is 11.8 Å². The van der Waals surface area contributed by atoms with E-state index in [0.717, 1.165) is 0 Å². The topological polar surface area (TPSA) is 96.3 Å². The third kappa shape index (κ3) is 4.93. The Morgan fingerprint density at radius 3 is 2.59 bits per heavy atom. The first-order chi connectivity index (χ1) is 15.5. The van der Waals surface area contributed by atoms with Crippen molar-refractivity contribution in [3.63, 3.8) is 0 Å². The van der Waals surface area contributed by atoms with Crippen molar-refractivity contribution in [3.05, 3.63) is 101 Å². The zero-order chi connectivity index (χ0) is 22.5. The molecule has 0 radical (unpaired) electrons. The molecule has 0 aliphatic rings. The molecule has 0 fully saturated rings. The molecule has 0 saturated carbocycles. The Labute approximate surface area is 187 Å². The van der Waals surface area contributed by atoms with Gasteiger partial charge in [-0.1, -0.05) is 35.9 Å². The Bertz CT molecular complexity index is 1360. The Morgan fingerprint density at radius 2 is 1.78 bits per heavy atom. The summed E-state index contributed by atoms with van der Waals surface area (Å²) in [6.45, 7) is 0. The summed E-state index contributed by atoms with van der Waals surface area (Å²) in [4.78, 5) is 33.9. The highest BCUT2D eigenvalue weighted by atomic mass is 35.5. The average molecular weight is 448 g/mol. The van der Waals surface area contributed by atoms with Crippen LogP contribution >= 0.6 is 11.6 Å². The number of aromatic nitrogens is 2. The number of nitrogens with one attached hydrogen (secondary N) is 2. The fourth-order valence-corrected chi connectivity index (χ4v) is 3.05. The number of amides is 2. The summed E-state index contributed by atoms with van der Waals surface area (Å²) in [5, 5.41) is 6.78. The molecule has 0 aliphatic carbocycles. The maximum absolute atomic E-state index is 13.2. The SMILES string of the molecule is O=C(Nc1ccc(Cl)cc1C(=O)N/N=C/c1cccc(F)c1)c1cnc2ccccc2n1. The molecule has 2 amide bonds. The molecule has 0 atom stereocenters. The van der Waals surface area contributed by atoms with Crippen LogP contribution in [0.25, 0.3) is 11.0 Å². The fourth-order valence-electron chi connectivity index (χ4n) is 2.88. The second-order valence-electron chi connectivity index (χ2n) is 6.64. The highest BCUT2D eigenvalue weighted by Gasteiger charge is 2.16. The molecule has 0 bridgehead atoms. The Hall–Kier alpha value is -4.17. The number of carbonyl (C=O) groups excluding carboxylic acids is 2. The molecule has 0 unspecified atom stereocenters. The molecule has 1 heterocycles. The van der Waals surface area contributed by atoms with E-state index in [1.54, 1.807) is 24.3 Å². The molecular formula is C23H15ClFN5O2. The summed E-state index contributed by atoms with van der Waals surface area (Å²) < 4.78 is 13.2. The second kappa shape index (κ2) is 9.32. The van der Waals surface area contributed by atoms with Gasteiger partial charge in [-0.3, -0.25) is 14.6 Å². The van der Waals surface area contributed by atoms with E-state index in [-0.39, 0.29) is 16.9 Å². The first-order valence-corrected chi connectivity index (χ1v) is 9.79. The Kier molecular flexibility index (Phi) is 6.14. The van der Waals surface area contributed by atoms with E-state index in [9.17, 15) is 14.0 Å². The Balaban J connectivity index is 1.53. The van der Waals surface area contributed by atoms with Gasteiger partial charge in [-0.05, 0) is 48.0 Å². The number of hydrazone groups is 1. The molecule has 32 heavy (non-hydrogen) atoms. The minimum Gasteiger partial charge on any atom is -0.320 e. The summed E-state index contributed by atoms with van der Waals surface area (Å²) in [5.74, 6) is -1.57. The monoisotopic (exact) mass is 447 g/mol. The molecule has 1 aromatic heterocycles. The van der Waals surface area contributed by atoms with Crippen LogP contribution in [0.5, 0.6) is 0 Å². The number of hydrogen-bond donors (Lipinski definition) is 2. The minimum absolute atomic E-state index is 0.0918. The molecule has 4 aromatic rings. The van der Waals surface area contributed by atoms with Crippen LogP contribution in [0.3, 0.4) is 0 Å². The van der Waals surface area contributed by atoms with E-state index < -0.39 is 17.6 Å². The van der Waals surface area contributed by atoms with Crippen molar-refractivity contribution >= 4 is 46.4 Å². The molecule has 0 saturated heterocycles. The first kappa shape index (κ1) is 21.1. The van der Waals surface area contributed by atoms with Crippen LogP contribution in [-0.4, -0.2) is 28.0 Å². The summed E-state index contributed by atoms with van der Waals surface area (Å²) in [6, 6.07) is 17.3. The van der Waals surface area contributed by atoms with E-state index >= 15 is 0 Å². The quantitative estimate of drug-likeness (QED) is 0.349. The van der Waals surface area contributed by atoms with Gasteiger partial charge >= 0.3 is 0 Å². The minimum atomic E-state index is -0.611. The first-order valence-electron chi connectivity index (χ1n) is 9.41. The van der Waals surface area contributed by atoms with Crippen molar-refractivity contribution in [1.29, 1.82) is 0 Å². The van der Waals surface area contributed by atoms with Gasteiger partial charge in [0, 0.05) is 5.02 Å². The van der Waals surface area contributed by atoms with Crippen molar-refractivity contribution in [2.24, 2.45) is 5.10 Å². The van der Waals surface area contributed by atoms with Gasteiger partial charge in [-0.25, -0.2) is 14.8 Å². The van der Waals surface area contributed by atoms with Crippen LogP contribution in [0.2, 0.25) is 5.02 Å². The summed E-state index contributed by atoms with van der Waals surface area (Å²) in [7, 11) is 0. The maximum Gasteiger partial charge on any atom is 0.275 e. The van der Waals surface area contributed by atoms with Crippen molar-refractivity contribution < 1.29 is 14.0 Å². The molecule has 2 N–H and O–H groups in total. The molecule has 3 aromatic carbocycles. The number of nitrogens with zero attached hydrogens (tertiary/aromatic N) is 3. The molecule has 158 valence electrons. The van der Waals surface area contributed by atoms with Gasteiger partial charge in [0.1, 0.15) is 11.5 Å². The van der Waals surface area contributed by atoms with E-state index in [4.69, 9.17) is 11.6 Å². The highest BCUT2D eigenvalue weighted by Crippen LogP contribution is 2.21. The molecule has 0 spiro atoms. The summed E-state index contributed by atoms with van der Waals surface area (Å²) in [5.41, 5.74) is 4.44. The Morgan fingerprint density at radius 1 is 0.969 bits per heavy atom. The number of para-hydroxylation sites is 2. The van der Waals surface area contributed by atoms with Gasteiger partial charge in [0.05, 0.1) is 34.7 Å². The third-order valence-electron chi connectivity index (χ3n) is 4.38. The van der Waals surface area contributed by atoms with Gasteiger partial charge < -0.3 is 5.32 Å². The number of fused-ring (bicyclic) bond motifs is 1.